The highest BCUT2D eigenvalue weighted by molar-refractivity contribution is 6.03. The molecular weight excluding hydrogens is 440 g/mol. The number of anilines is 1. The standard InChI is InChI=1S/C28H34N4O3/c1-25(2)9-7-18(8-10-25)21-13-19(28(34)16-26(3)11-12-27(4,17-28)35-26)5-6-22(21)32-24(33)23-30-15-20(14-29)31-23/h5-7,13,15,34H,8-12,16-17H2,1-4H3,(H,30,31)(H,32,33). The van der Waals surface area contributed by atoms with E-state index in [1.807, 2.05) is 18.2 Å². The molecule has 3 aliphatic rings. The summed E-state index contributed by atoms with van der Waals surface area (Å²) in [6.45, 7) is 8.74. The summed E-state index contributed by atoms with van der Waals surface area (Å²) >= 11 is 0. The van der Waals surface area contributed by atoms with Crippen molar-refractivity contribution in [2.75, 3.05) is 5.32 Å². The van der Waals surface area contributed by atoms with Gasteiger partial charge < -0.3 is 20.1 Å². The number of nitrogens with one attached hydrogen (secondary N) is 2. The number of fused-ring (bicyclic) bond motifs is 2. The largest absolute Gasteiger partial charge is 0.385 e. The number of carbonyl (C=O) groups excluding carboxylic acids is 1. The molecule has 0 radical (unpaired) electrons. The van der Waals surface area contributed by atoms with Crippen LogP contribution in [0.5, 0.6) is 0 Å². The molecule has 2 aromatic rings. The maximum Gasteiger partial charge on any atom is 0.291 e. The van der Waals surface area contributed by atoms with Crippen LogP contribution in [-0.2, 0) is 10.3 Å². The Morgan fingerprint density at radius 3 is 2.49 bits per heavy atom. The number of amides is 1. The van der Waals surface area contributed by atoms with E-state index in [2.05, 4.69) is 55.1 Å². The summed E-state index contributed by atoms with van der Waals surface area (Å²) < 4.78 is 6.33. The molecule has 5 rings (SSSR count). The van der Waals surface area contributed by atoms with Crippen molar-refractivity contribution in [3.8, 4) is 6.07 Å². The first-order valence-corrected chi connectivity index (χ1v) is 12.4. The van der Waals surface area contributed by atoms with Crippen LogP contribution < -0.4 is 5.32 Å². The van der Waals surface area contributed by atoms with Gasteiger partial charge in [0, 0.05) is 24.1 Å². The fourth-order valence-corrected chi connectivity index (χ4v) is 6.18. The smallest absolute Gasteiger partial charge is 0.291 e. The molecule has 7 nitrogen and oxygen atoms in total. The third-order valence-corrected chi connectivity index (χ3v) is 8.04. The van der Waals surface area contributed by atoms with Gasteiger partial charge in [0.1, 0.15) is 11.8 Å². The van der Waals surface area contributed by atoms with Crippen LogP contribution in [0.4, 0.5) is 5.69 Å². The summed E-state index contributed by atoms with van der Waals surface area (Å²) in [7, 11) is 0. The molecule has 2 saturated heterocycles. The minimum absolute atomic E-state index is 0.0933. The Bertz CT molecular complexity index is 1240. The summed E-state index contributed by atoms with van der Waals surface area (Å²) in [5.41, 5.74) is 2.47. The molecule has 0 spiro atoms. The number of nitriles is 1. The van der Waals surface area contributed by atoms with E-state index >= 15 is 0 Å². The third kappa shape index (κ3) is 4.53. The van der Waals surface area contributed by atoms with E-state index in [0.29, 0.717) is 18.5 Å². The van der Waals surface area contributed by atoms with Crippen LogP contribution in [0.3, 0.4) is 0 Å². The molecule has 2 bridgehead atoms. The highest BCUT2D eigenvalue weighted by Gasteiger charge is 2.56. The Morgan fingerprint density at radius 2 is 1.89 bits per heavy atom. The van der Waals surface area contributed by atoms with Crippen molar-refractivity contribution in [3.63, 3.8) is 0 Å². The van der Waals surface area contributed by atoms with Gasteiger partial charge in [-0.2, -0.15) is 5.26 Å². The number of aromatic amines is 1. The van der Waals surface area contributed by atoms with Crippen LogP contribution in [-0.4, -0.2) is 32.2 Å². The number of nitrogens with zero attached hydrogens (tertiary/aromatic N) is 2. The number of rotatable bonds is 4. The molecule has 1 amide bonds. The number of benzene rings is 1. The van der Waals surface area contributed by atoms with Crippen LogP contribution in [0.15, 0.2) is 30.5 Å². The molecule has 0 saturated carbocycles. The van der Waals surface area contributed by atoms with Gasteiger partial charge in [0.05, 0.1) is 23.0 Å². The summed E-state index contributed by atoms with van der Waals surface area (Å²) in [4.78, 5) is 19.7. The van der Waals surface area contributed by atoms with Gasteiger partial charge >= 0.3 is 0 Å². The van der Waals surface area contributed by atoms with Crippen LogP contribution in [0.2, 0.25) is 0 Å². The van der Waals surface area contributed by atoms with E-state index in [0.717, 1.165) is 43.2 Å². The molecule has 2 aliphatic heterocycles. The number of aliphatic hydroxyl groups is 1. The van der Waals surface area contributed by atoms with Crippen LogP contribution >= 0.6 is 0 Å². The van der Waals surface area contributed by atoms with E-state index in [-0.39, 0.29) is 28.1 Å². The van der Waals surface area contributed by atoms with Gasteiger partial charge in [-0.3, -0.25) is 4.79 Å². The summed E-state index contributed by atoms with van der Waals surface area (Å²) in [6.07, 6.45) is 9.51. The van der Waals surface area contributed by atoms with Gasteiger partial charge in [0.25, 0.3) is 5.91 Å². The first-order chi connectivity index (χ1) is 16.4. The highest BCUT2D eigenvalue weighted by atomic mass is 16.5. The Labute approximate surface area is 206 Å². The van der Waals surface area contributed by atoms with Gasteiger partial charge in [-0.05, 0) is 74.6 Å². The van der Waals surface area contributed by atoms with Crippen LogP contribution in [0.1, 0.15) is 100 Å². The van der Waals surface area contributed by atoms with Crippen molar-refractivity contribution in [1.29, 1.82) is 5.26 Å². The predicted molar refractivity (Wildman–Crippen MR) is 134 cm³/mol. The zero-order valence-corrected chi connectivity index (χ0v) is 21.0. The second-order valence-electron chi connectivity index (χ2n) is 12.0. The van der Waals surface area contributed by atoms with Gasteiger partial charge in [-0.25, -0.2) is 4.98 Å². The lowest BCUT2D eigenvalue weighted by molar-refractivity contribution is -0.197. The number of ether oxygens (including phenoxy) is 1. The molecule has 2 unspecified atom stereocenters. The van der Waals surface area contributed by atoms with E-state index in [4.69, 9.17) is 10.00 Å². The molecule has 2 fully saturated rings. The fourth-order valence-electron chi connectivity index (χ4n) is 6.18. The Morgan fingerprint density at radius 1 is 1.17 bits per heavy atom. The Kier molecular flexibility index (Phi) is 5.46. The maximum absolute atomic E-state index is 12.9. The van der Waals surface area contributed by atoms with Crippen molar-refractivity contribution < 1.29 is 14.6 Å². The van der Waals surface area contributed by atoms with E-state index in [9.17, 15) is 9.90 Å². The minimum atomic E-state index is -0.993. The predicted octanol–water partition coefficient (Wildman–Crippen LogP) is 5.44. The molecule has 3 heterocycles. The molecular formula is C28H34N4O3. The number of hydrogen-bond acceptors (Lipinski definition) is 5. The fraction of sp³-hybridized carbons (Fsp3) is 0.536. The van der Waals surface area contributed by atoms with Crippen molar-refractivity contribution in [1.82, 2.24) is 9.97 Å². The number of aromatic nitrogens is 2. The lowest BCUT2D eigenvalue weighted by atomic mass is 9.74. The Hall–Kier alpha value is -2.95. The number of imidazole rings is 1. The summed E-state index contributed by atoms with van der Waals surface area (Å²) in [6, 6.07) is 7.82. The molecule has 35 heavy (non-hydrogen) atoms. The summed E-state index contributed by atoms with van der Waals surface area (Å²) in [5, 5.41) is 23.9. The van der Waals surface area contributed by atoms with Gasteiger partial charge in [0.15, 0.2) is 5.82 Å². The highest BCUT2D eigenvalue weighted by Crippen LogP contribution is 2.55. The van der Waals surface area contributed by atoms with Crippen molar-refractivity contribution >= 4 is 17.2 Å². The molecule has 7 heteroatoms. The molecule has 1 aromatic carbocycles. The second kappa shape index (κ2) is 8.04. The third-order valence-electron chi connectivity index (χ3n) is 8.04. The minimum Gasteiger partial charge on any atom is -0.385 e. The van der Waals surface area contributed by atoms with Crippen molar-refractivity contribution in [2.45, 2.75) is 89.4 Å². The van der Waals surface area contributed by atoms with Crippen LogP contribution in [0.25, 0.3) is 5.57 Å². The van der Waals surface area contributed by atoms with Gasteiger partial charge in [-0.1, -0.05) is 26.0 Å². The lowest BCUT2D eigenvalue weighted by Gasteiger charge is -2.46. The second-order valence-corrected chi connectivity index (χ2v) is 12.0. The zero-order chi connectivity index (χ0) is 25.1. The average Bonchev–Trinajstić information content (AvgIpc) is 3.35. The molecule has 184 valence electrons. The van der Waals surface area contributed by atoms with Crippen molar-refractivity contribution in [3.05, 3.63) is 53.1 Å². The first kappa shape index (κ1) is 23.8. The number of hydrogen-bond donors (Lipinski definition) is 3. The molecule has 3 N–H and O–H groups in total. The SMILES string of the molecule is CC1(C)CC=C(c2cc(C3(O)CC4(C)CCC(C)(C3)O4)ccc2NC(=O)c2ncc(C#N)[nH]2)CC1. The number of allylic oxidation sites excluding steroid dienone is 2. The average molecular weight is 475 g/mol. The quantitative estimate of drug-likeness (QED) is 0.547. The number of H-pyrrole nitrogens is 1. The zero-order valence-electron chi connectivity index (χ0n) is 21.0. The first-order valence-electron chi connectivity index (χ1n) is 12.4. The van der Waals surface area contributed by atoms with Crippen LogP contribution in [0, 0.1) is 16.7 Å². The van der Waals surface area contributed by atoms with E-state index in [1.54, 1.807) is 0 Å². The van der Waals surface area contributed by atoms with Crippen molar-refractivity contribution in [2.24, 2.45) is 5.41 Å². The molecule has 1 aliphatic carbocycles. The van der Waals surface area contributed by atoms with Gasteiger partial charge in [0.2, 0.25) is 0 Å². The molecule has 1 aromatic heterocycles. The number of carbonyl (C=O) groups is 1. The lowest BCUT2D eigenvalue weighted by Crippen LogP contribution is -2.49. The monoisotopic (exact) mass is 474 g/mol. The normalized spacial score (nSPS) is 31.5. The summed E-state index contributed by atoms with van der Waals surface area (Å²) in [5.74, 6) is -0.309. The van der Waals surface area contributed by atoms with E-state index in [1.165, 1.54) is 11.8 Å². The topological polar surface area (TPSA) is 111 Å². The molecule has 2 atom stereocenters. The van der Waals surface area contributed by atoms with E-state index < -0.39 is 11.5 Å². The maximum atomic E-state index is 12.9. The van der Waals surface area contributed by atoms with Gasteiger partial charge in [-0.15, -0.1) is 0 Å². The Balaban J connectivity index is 1.52.